The minimum atomic E-state index is 0.119. The average molecular weight is 350 g/mol. The summed E-state index contributed by atoms with van der Waals surface area (Å²) in [5.41, 5.74) is 3.84. The summed E-state index contributed by atoms with van der Waals surface area (Å²) in [6.07, 6.45) is 0. The molecule has 0 heterocycles. The van der Waals surface area contributed by atoms with Gasteiger partial charge in [0.15, 0.2) is 0 Å². The minimum absolute atomic E-state index is 0.119. The third-order valence-corrected chi connectivity index (χ3v) is 4.30. The fraction of sp³-hybridized carbons (Fsp3) is 0.294. The first-order valence-corrected chi connectivity index (χ1v) is 7.62. The van der Waals surface area contributed by atoms with Crippen LogP contribution < -0.4 is 10.1 Å². The number of ether oxygens (including phenoxy) is 1. The second kappa shape index (κ2) is 6.39. The Labute approximate surface area is 134 Å². The lowest BCUT2D eigenvalue weighted by atomic mass is 10.1. The number of halogens is 1. The molecule has 1 atom stereocenters. The van der Waals surface area contributed by atoms with Gasteiger partial charge in [0.05, 0.1) is 11.6 Å². The zero-order chi connectivity index (χ0) is 15.6. The van der Waals surface area contributed by atoms with Crippen LogP contribution in [0.1, 0.15) is 29.7 Å². The summed E-state index contributed by atoms with van der Waals surface area (Å²) in [6.45, 7) is 5.90. The summed E-state index contributed by atoms with van der Waals surface area (Å²) in [4.78, 5) is 0. The highest BCUT2D eigenvalue weighted by Gasteiger charge is 2.11. The largest absolute Gasteiger partial charge is 0.507 e. The van der Waals surface area contributed by atoms with E-state index in [9.17, 15) is 5.11 Å². The van der Waals surface area contributed by atoms with Crippen molar-refractivity contribution in [2.24, 2.45) is 0 Å². The molecule has 3 nitrogen and oxygen atoms in total. The third-order valence-electron chi connectivity index (χ3n) is 3.68. The number of nitrogens with one attached hydrogen (secondary N) is 1. The summed E-state index contributed by atoms with van der Waals surface area (Å²) in [6, 6.07) is 10.1. The van der Waals surface area contributed by atoms with Crippen molar-refractivity contribution in [3.8, 4) is 11.5 Å². The average Bonchev–Trinajstić information content (AvgIpc) is 2.47. The normalized spacial score (nSPS) is 12.0. The summed E-state index contributed by atoms with van der Waals surface area (Å²) < 4.78 is 6.18. The highest BCUT2D eigenvalue weighted by atomic mass is 79.9. The van der Waals surface area contributed by atoms with Crippen LogP contribution in [0.5, 0.6) is 11.5 Å². The summed E-state index contributed by atoms with van der Waals surface area (Å²) in [5.74, 6) is 1.17. The van der Waals surface area contributed by atoms with E-state index < -0.39 is 0 Å². The van der Waals surface area contributed by atoms with Gasteiger partial charge in [0.25, 0.3) is 0 Å². The number of benzene rings is 2. The topological polar surface area (TPSA) is 41.5 Å². The van der Waals surface area contributed by atoms with Crippen molar-refractivity contribution >= 4 is 21.6 Å². The van der Waals surface area contributed by atoms with Crippen molar-refractivity contribution in [3.05, 3.63) is 51.5 Å². The van der Waals surface area contributed by atoms with Gasteiger partial charge in [-0.2, -0.15) is 0 Å². The zero-order valence-electron chi connectivity index (χ0n) is 12.7. The SMILES string of the molecule is COc1ccc(C(C)Nc2ccc(C)c(O)c2C)cc1Br. The Bertz CT molecular complexity index is 655. The smallest absolute Gasteiger partial charge is 0.133 e. The van der Waals surface area contributed by atoms with Gasteiger partial charge < -0.3 is 15.2 Å². The lowest BCUT2D eigenvalue weighted by Gasteiger charge is -2.19. The van der Waals surface area contributed by atoms with E-state index >= 15 is 0 Å². The number of rotatable bonds is 4. The highest BCUT2D eigenvalue weighted by Crippen LogP contribution is 2.32. The van der Waals surface area contributed by atoms with Crippen LogP contribution in [0.15, 0.2) is 34.8 Å². The molecule has 0 aliphatic rings. The highest BCUT2D eigenvalue weighted by molar-refractivity contribution is 9.10. The fourth-order valence-corrected chi connectivity index (χ4v) is 2.82. The van der Waals surface area contributed by atoms with Gasteiger partial charge in [0, 0.05) is 17.3 Å². The molecule has 0 bridgehead atoms. The molecule has 4 heteroatoms. The van der Waals surface area contributed by atoms with Gasteiger partial charge >= 0.3 is 0 Å². The van der Waals surface area contributed by atoms with Gasteiger partial charge in [-0.25, -0.2) is 0 Å². The number of hydrogen-bond donors (Lipinski definition) is 2. The molecule has 21 heavy (non-hydrogen) atoms. The molecule has 0 saturated carbocycles. The molecule has 1 unspecified atom stereocenters. The molecule has 2 aromatic carbocycles. The molecular weight excluding hydrogens is 330 g/mol. The van der Waals surface area contributed by atoms with Crippen molar-refractivity contribution in [3.63, 3.8) is 0 Å². The molecule has 0 saturated heterocycles. The number of anilines is 1. The van der Waals surface area contributed by atoms with E-state index in [1.165, 1.54) is 0 Å². The van der Waals surface area contributed by atoms with Crippen molar-refractivity contribution in [1.29, 1.82) is 0 Å². The molecule has 0 aliphatic carbocycles. The van der Waals surface area contributed by atoms with Crippen LogP contribution in [0, 0.1) is 13.8 Å². The Morgan fingerprint density at radius 1 is 1.19 bits per heavy atom. The van der Waals surface area contributed by atoms with Crippen molar-refractivity contribution in [2.75, 3.05) is 12.4 Å². The standard InChI is InChI=1S/C17H20BrNO2/c1-10-5-7-15(11(2)17(10)20)19-12(3)13-6-8-16(21-4)14(18)9-13/h5-9,12,19-20H,1-4H3. The summed E-state index contributed by atoms with van der Waals surface area (Å²) >= 11 is 3.50. The van der Waals surface area contributed by atoms with E-state index in [1.807, 2.05) is 44.2 Å². The van der Waals surface area contributed by atoms with E-state index in [2.05, 4.69) is 28.2 Å². The second-order valence-electron chi connectivity index (χ2n) is 5.16. The molecule has 0 aliphatic heterocycles. The number of aryl methyl sites for hydroxylation is 1. The van der Waals surface area contributed by atoms with Gasteiger partial charge in [-0.1, -0.05) is 12.1 Å². The van der Waals surface area contributed by atoms with E-state index in [0.29, 0.717) is 5.75 Å². The van der Waals surface area contributed by atoms with Gasteiger partial charge in [0.1, 0.15) is 11.5 Å². The first-order valence-electron chi connectivity index (χ1n) is 6.83. The lowest BCUT2D eigenvalue weighted by molar-refractivity contribution is 0.412. The molecule has 2 aromatic rings. The van der Waals surface area contributed by atoms with Crippen molar-refractivity contribution in [2.45, 2.75) is 26.8 Å². The van der Waals surface area contributed by atoms with Gasteiger partial charge in [0.2, 0.25) is 0 Å². The Morgan fingerprint density at radius 2 is 1.90 bits per heavy atom. The number of phenolic OH excluding ortho intramolecular Hbond substituents is 1. The maximum Gasteiger partial charge on any atom is 0.133 e. The van der Waals surface area contributed by atoms with Gasteiger partial charge in [-0.3, -0.25) is 0 Å². The Balaban J connectivity index is 2.24. The first-order chi connectivity index (χ1) is 9.93. The monoisotopic (exact) mass is 349 g/mol. The predicted octanol–water partition coefficient (Wildman–Crippen LogP) is 4.95. The van der Waals surface area contributed by atoms with E-state index in [1.54, 1.807) is 7.11 Å². The Hall–Kier alpha value is -1.68. The van der Waals surface area contributed by atoms with Crippen LogP contribution in [-0.4, -0.2) is 12.2 Å². The maximum atomic E-state index is 10.0. The number of phenols is 1. The van der Waals surface area contributed by atoms with Crippen LogP contribution in [-0.2, 0) is 0 Å². The molecule has 2 rings (SSSR count). The number of methoxy groups -OCH3 is 1. The van der Waals surface area contributed by atoms with Crippen molar-refractivity contribution < 1.29 is 9.84 Å². The van der Waals surface area contributed by atoms with Crippen LogP contribution in [0.3, 0.4) is 0 Å². The second-order valence-corrected chi connectivity index (χ2v) is 6.02. The molecular formula is C17H20BrNO2. The molecule has 0 spiro atoms. The van der Waals surface area contributed by atoms with Crippen LogP contribution in [0.25, 0.3) is 0 Å². The summed E-state index contributed by atoms with van der Waals surface area (Å²) in [7, 11) is 1.65. The zero-order valence-corrected chi connectivity index (χ0v) is 14.3. The molecule has 0 radical (unpaired) electrons. The Kier molecular flexibility index (Phi) is 4.78. The van der Waals surface area contributed by atoms with Gasteiger partial charge in [-0.05, 0) is 66.0 Å². The molecule has 0 fully saturated rings. The third kappa shape index (κ3) is 3.32. The molecule has 2 N–H and O–H groups in total. The number of aromatic hydroxyl groups is 1. The quantitative estimate of drug-likeness (QED) is 0.820. The predicted molar refractivity (Wildman–Crippen MR) is 90.3 cm³/mol. The number of hydrogen-bond acceptors (Lipinski definition) is 3. The van der Waals surface area contributed by atoms with Crippen molar-refractivity contribution in [1.82, 2.24) is 0 Å². The molecule has 0 aromatic heterocycles. The van der Waals surface area contributed by atoms with E-state index in [4.69, 9.17) is 4.74 Å². The molecule has 0 amide bonds. The van der Waals surface area contributed by atoms with Crippen LogP contribution in [0.2, 0.25) is 0 Å². The fourth-order valence-electron chi connectivity index (χ4n) is 2.26. The van der Waals surface area contributed by atoms with Crippen LogP contribution in [0.4, 0.5) is 5.69 Å². The lowest BCUT2D eigenvalue weighted by Crippen LogP contribution is -2.08. The minimum Gasteiger partial charge on any atom is -0.507 e. The van der Waals surface area contributed by atoms with E-state index in [-0.39, 0.29) is 6.04 Å². The molecule has 112 valence electrons. The first kappa shape index (κ1) is 15.7. The van der Waals surface area contributed by atoms with Crippen LogP contribution >= 0.6 is 15.9 Å². The Morgan fingerprint density at radius 3 is 2.52 bits per heavy atom. The van der Waals surface area contributed by atoms with Gasteiger partial charge in [-0.15, -0.1) is 0 Å². The maximum absolute atomic E-state index is 10.0. The van der Waals surface area contributed by atoms with E-state index in [0.717, 1.165) is 32.6 Å². The summed E-state index contributed by atoms with van der Waals surface area (Å²) in [5, 5.41) is 13.5.